The molecule has 4 nitrogen and oxygen atoms in total. The topological polar surface area (TPSA) is 78.5 Å². The van der Waals surface area contributed by atoms with Crippen molar-refractivity contribution in [3.8, 4) is 17.5 Å². The van der Waals surface area contributed by atoms with E-state index in [9.17, 15) is 0 Å². The first kappa shape index (κ1) is 9.74. The highest BCUT2D eigenvalue weighted by molar-refractivity contribution is 9.10. The molecule has 5 heteroatoms. The molecule has 2 aromatic rings. The third-order valence-electron chi connectivity index (χ3n) is 1.96. The lowest BCUT2D eigenvalue weighted by molar-refractivity contribution is 1.29. The molecule has 0 aliphatic carbocycles. The third kappa shape index (κ3) is 1.85. The molecule has 0 spiro atoms. The molecule has 0 saturated heterocycles. The molecule has 0 amide bonds. The van der Waals surface area contributed by atoms with Crippen molar-refractivity contribution in [2.24, 2.45) is 0 Å². The molecule has 74 valence electrons. The van der Waals surface area contributed by atoms with Crippen LogP contribution < -0.4 is 5.73 Å². The van der Waals surface area contributed by atoms with Crippen LogP contribution in [0.4, 0.5) is 5.82 Å². The SMILES string of the molecule is N#Cc1[nH]c(-c2ccc(Br)cc2)nc1N. The number of anilines is 1. The number of nitrogen functional groups attached to an aromatic ring is 1. The van der Waals surface area contributed by atoms with Crippen LogP contribution in [-0.4, -0.2) is 9.97 Å². The Kier molecular flexibility index (Phi) is 2.44. The molecule has 0 radical (unpaired) electrons. The Labute approximate surface area is 94.9 Å². The number of hydrogen-bond acceptors (Lipinski definition) is 3. The number of rotatable bonds is 1. The molecule has 0 unspecified atom stereocenters. The van der Waals surface area contributed by atoms with Gasteiger partial charge in [0.15, 0.2) is 11.5 Å². The molecule has 1 heterocycles. The number of benzene rings is 1. The Balaban J connectivity index is 2.46. The van der Waals surface area contributed by atoms with Gasteiger partial charge in [-0.1, -0.05) is 28.1 Å². The van der Waals surface area contributed by atoms with E-state index in [4.69, 9.17) is 11.0 Å². The minimum atomic E-state index is 0.232. The Morgan fingerprint density at radius 3 is 2.53 bits per heavy atom. The van der Waals surface area contributed by atoms with Crippen LogP contribution in [-0.2, 0) is 0 Å². The molecule has 0 atom stereocenters. The minimum Gasteiger partial charge on any atom is -0.381 e. The highest BCUT2D eigenvalue weighted by Crippen LogP contribution is 2.21. The van der Waals surface area contributed by atoms with Crippen molar-refractivity contribution >= 4 is 21.7 Å². The smallest absolute Gasteiger partial charge is 0.161 e. The zero-order valence-corrected chi connectivity index (χ0v) is 9.25. The summed E-state index contributed by atoms with van der Waals surface area (Å²) in [5.74, 6) is 0.840. The number of hydrogen-bond donors (Lipinski definition) is 2. The summed E-state index contributed by atoms with van der Waals surface area (Å²) < 4.78 is 0.992. The van der Waals surface area contributed by atoms with Gasteiger partial charge >= 0.3 is 0 Å². The normalized spacial score (nSPS) is 9.87. The number of nitrogens with two attached hydrogens (primary N) is 1. The molecule has 0 aliphatic rings. The van der Waals surface area contributed by atoms with Crippen LogP contribution in [0.1, 0.15) is 5.69 Å². The quantitative estimate of drug-likeness (QED) is 0.828. The number of imidazole rings is 1. The summed E-state index contributed by atoms with van der Waals surface area (Å²) in [4.78, 5) is 6.92. The van der Waals surface area contributed by atoms with Crippen molar-refractivity contribution in [2.75, 3.05) is 5.73 Å². The van der Waals surface area contributed by atoms with Crippen LogP contribution >= 0.6 is 15.9 Å². The Hall–Kier alpha value is -1.80. The van der Waals surface area contributed by atoms with Crippen LogP contribution in [0, 0.1) is 11.3 Å². The number of halogens is 1. The Morgan fingerprint density at radius 1 is 1.33 bits per heavy atom. The van der Waals surface area contributed by atoms with Crippen LogP contribution in [0.2, 0.25) is 0 Å². The van der Waals surface area contributed by atoms with Crippen LogP contribution in [0.25, 0.3) is 11.4 Å². The van der Waals surface area contributed by atoms with Crippen molar-refractivity contribution in [3.05, 3.63) is 34.4 Å². The van der Waals surface area contributed by atoms with E-state index in [0.717, 1.165) is 10.0 Å². The van der Waals surface area contributed by atoms with Crippen molar-refractivity contribution in [2.45, 2.75) is 0 Å². The second-order valence-corrected chi connectivity index (χ2v) is 3.88. The van der Waals surface area contributed by atoms with Gasteiger partial charge in [0.1, 0.15) is 11.9 Å². The summed E-state index contributed by atoms with van der Waals surface area (Å²) in [6, 6.07) is 9.53. The summed E-state index contributed by atoms with van der Waals surface area (Å²) in [5, 5.41) is 8.71. The largest absolute Gasteiger partial charge is 0.381 e. The summed E-state index contributed by atoms with van der Waals surface area (Å²) in [7, 11) is 0. The first-order chi connectivity index (χ1) is 7.20. The number of nitrogens with one attached hydrogen (secondary N) is 1. The van der Waals surface area contributed by atoms with Gasteiger partial charge < -0.3 is 10.7 Å². The van der Waals surface area contributed by atoms with E-state index in [-0.39, 0.29) is 5.82 Å². The number of aromatic nitrogens is 2. The van der Waals surface area contributed by atoms with E-state index in [1.165, 1.54) is 0 Å². The van der Waals surface area contributed by atoms with Crippen molar-refractivity contribution in [1.82, 2.24) is 9.97 Å². The fourth-order valence-corrected chi connectivity index (χ4v) is 1.48. The number of H-pyrrole nitrogens is 1. The summed E-state index contributed by atoms with van der Waals surface area (Å²) in [6.45, 7) is 0. The lowest BCUT2D eigenvalue weighted by Gasteiger charge is -1.95. The van der Waals surface area contributed by atoms with Crippen molar-refractivity contribution in [1.29, 1.82) is 5.26 Å². The van der Waals surface area contributed by atoms with E-state index < -0.39 is 0 Å². The third-order valence-corrected chi connectivity index (χ3v) is 2.49. The maximum absolute atomic E-state index is 8.71. The summed E-state index contributed by atoms with van der Waals surface area (Å²) in [6.07, 6.45) is 0. The van der Waals surface area contributed by atoms with E-state index in [2.05, 4.69) is 25.9 Å². The Morgan fingerprint density at radius 2 is 2.00 bits per heavy atom. The molecule has 2 rings (SSSR count). The Bertz CT molecular complexity index is 521. The average molecular weight is 263 g/mol. The zero-order chi connectivity index (χ0) is 10.8. The predicted molar refractivity (Wildman–Crippen MR) is 60.9 cm³/mol. The first-order valence-electron chi connectivity index (χ1n) is 4.22. The monoisotopic (exact) mass is 262 g/mol. The fraction of sp³-hybridized carbons (Fsp3) is 0. The molecule has 0 saturated carbocycles. The molecular weight excluding hydrogens is 256 g/mol. The average Bonchev–Trinajstić information content (AvgIpc) is 2.61. The van der Waals surface area contributed by atoms with E-state index >= 15 is 0 Å². The van der Waals surface area contributed by atoms with Gasteiger partial charge in [-0.25, -0.2) is 4.98 Å². The fourth-order valence-electron chi connectivity index (χ4n) is 1.22. The highest BCUT2D eigenvalue weighted by atomic mass is 79.9. The minimum absolute atomic E-state index is 0.232. The number of nitriles is 1. The number of aromatic amines is 1. The van der Waals surface area contributed by atoms with Gasteiger partial charge in [0.2, 0.25) is 0 Å². The predicted octanol–water partition coefficient (Wildman–Crippen LogP) is 2.29. The van der Waals surface area contributed by atoms with Crippen LogP contribution in [0.15, 0.2) is 28.7 Å². The van der Waals surface area contributed by atoms with E-state index in [0.29, 0.717) is 11.5 Å². The molecular formula is C10H7BrN4. The lowest BCUT2D eigenvalue weighted by Crippen LogP contribution is -1.86. The molecule has 0 aliphatic heterocycles. The van der Waals surface area contributed by atoms with Crippen molar-refractivity contribution in [3.63, 3.8) is 0 Å². The maximum atomic E-state index is 8.71. The van der Waals surface area contributed by atoms with Gasteiger partial charge in [0, 0.05) is 10.0 Å². The standard InChI is InChI=1S/C10H7BrN4/c11-7-3-1-6(2-4-7)10-14-8(5-12)9(13)15-10/h1-4H,13H2,(H,14,15). The van der Waals surface area contributed by atoms with Gasteiger partial charge in [0.05, 0.1) is 0 Å². The van der Waals surface area contributed by atoms with Crippen LogP contribution in [0.3, 0.4) is 0 Å². The zero-order valence-electron chi connectivity index (χ0n) is 7.66. The van der Waals surface area contributed by atoms with Gasteiger partial charge in [0.25, 0.3) is 0 Å². The highest BCUT2D eigenvalue weighted by Gasteiger charge is 2.07. The summed E-state index contributed by atoms with van der Waals surface area (Å²) in [5.41, 5.74) is 6.74. The maximum Gasteiger partial charge on any atom is 0.161 e. The molecule has 0 fully saturated rings. The molecule has 1 aromatic carbocycles. The van der Waals surface area contributed by atoms with Gasteiger partial charge in [-0.2, -0.15) is 5.26 Å². The summed E-state index contributed by atoms with van der Waals surface area (Å²) >= 11 is 3.34. The second-order valence-electron chi connectivity index (χ2n) is 2.96. The van der Waals surface area contributed by atoms with Gasteiger partial charge in [-0.15, -0.1) is 0 Å². The number of nitrogens with zero attached hydrogens (tertiary/aromatic N) is 2. The molecule has 0 bridgehead atoms. The first-order valence-corrected chi connectivity index (χ1v) is 5.01. The molecule has 3 N–H and O–H groups in total. The van der Waals surface area contributed by atoms with Crippen molar-refractivity contribution < 1.29 is 0 Å². The van der Waals surface area contributed by atoms with E-state index in [1.807, 2.05) is 30.3 Å². The van der Waals surface area contributed by atoms with Gasteiger partial charge in [-0.05, 0) is 12.1 Å². The van der Waals surface area contributed by atoms with E-state index in [1.54, 1.807) is 0 Å². The second kappa shape index (κ2) is 3.75. The lowest BCUT2D eigenvalue weighted by atomic mass is 10.2. The van der Waals surface area contributed by atoms with Crippen LogP contribution in [0.5, 0.6) is 0 Å². The molecule has 15 heavy (non-hydrogen) atoms. The van der Waals surface area contributed by atoms with Gasteiger partial charge in [-0.3, -0.25) is 0 Å². The molecule has 1 aromatic heterocycles.